The Morgan fingerprint density at radius 3 is 2.57 bits per heavy atom. The zero-order chi connectivity index (χ0) is 14.8. The van der Waals surface area contributed by atoms with Crippen LogP contribution in [0.3, 0.4) is 0 Å². The third kappa shape index (κ3) is 3.24. The number of hydrogen-bond acceptors (Lipinski definition) is 1. The van der Waals surface area contributed by atoms with Crippen molar-refractivity contribution < 1.29 is 0 Å². The van der Waals surface area contributed by atoms with E-state index >= 15 is 0 Å². The monoisotopic (exact) mass is 299 g/mol. The largest absolute Gasteiger partial charge is 0.378 e. The quantitative estimate of drug-likeness (QED) is 0.766. The summed E-state index contributed by atoms with van der Waals surface area (Å²) >= 11 is 6.10. The molecule has 3 rings (SSSR count). The predicted octanol–water partition coefficient (Wildman–Crippen LogP) is 5.70. The summed E-state index contributed by atoms with van der Waals surface area (Å²) in [6, 6.07) is 13.2. The van der Waals surface area contributed by atoms with Gasteiger partial charge in [0.25, 0.3) is 0 Å². The first kappa shape index (κ1) is 14.5. The summed E-state index contributed by atoms with van der Waals surface area (Å²) in [4.78, 5) is 0. The summed E-state index contributed by atoms with van der Waals surface area (Å²) in [6.45, 7) is 4.32. The highest BCUT2D eigenvalue weighted by Gasteiger charge is 2.13. The fourth-order valence-corrected chi connectivity index (χ4v) is 3.26. The highest BCUT2D eigenvalue weighted by molar-refractivity contribution is 6.30. The summed E-state index contributed by atoms with van der Waals surface area (Å²) in [5.41, 5.74) is 6.78. The molecule has 1 aliphatic rings. The van der Waals surface area contributed by atoms with Crippen LogP contribution in [0.15, 0.2) is 36.4 Å². The number of rotatable bonds is 3. The summed E-state index contributed by atoms with van der Waals surface area (Å²) < 4.78 is 0. The van der Waals surface area contributed by atoms with Gasteiger partial charge in [0, 0.05) is 16.8 Å². The Morgan fingerprint density at radius 2 is 1.76 bits per heavy atom. The van der Waals surface area contributed by atoms with Gasteiger partial charge in [-0.05, 0) is 73.9 Å². The molecule has 0 heterocycles. The summed E-state index contributed by atoms with van der Waals surface area (Å²) in [7, 11) is 0. The minimum atomic E-state index is 0.286. The van der Waals surface area contributed by atoms with Crippen molar-refractivity contribution in [3.8, 4) is 0 Å². The molecular weight excluding hydrogens is 278 g/mol. The molecule has 2 heteroatoms. The first-order valence-corrected chi connectivity index (χ1v) is 8.15. The number of fused-ring (bicyclic) bond motifs is 1. The molecule has 21 heavy (non-hydrogen) atoms. The molecule has 1 aliphatic carbocycles. The minimum absolute atomic E-state index is 0.286. The van der Waals surface area contributed by atoms with Gasteiger partial charge in [0.05, 0.1) is 0 Å². The van der Waals surface area contributed by atoms with E-state index in [-0.39, 0.29) is 6.04 Å². The van der Waals surface area contributed by atoms with E-state index in [4.69, 9.17) is 11.6 Å². The van der Waals surface area contributed by atoms with E-state index in [1.54, 1.807) is 0 Å². The van der Waals surface area contributed by atoms with Crippen LogP contribution in [0.25, 0.3) is 0 Å². The first-order valence-electron chi connectivity index (χ1n) is 7.78. The number of benzene rings is 2. The summed E-state index contributed by atoms with van der Waals surface area (Å²) in [5, 5.41) is 4.37. The number of anilines is 1. The standard InChI is InChI=1S/C19H22ClN/c1-13-7-10-18(20)12-19(13)21-14(2)16-9-8-15-5-3-4-6-17(15)11-16/h7-12,14,21H,3-6H2,1-2H3. The molecule has 0 aromatic heterocycles. The van der Waals surface area contributed by atoms with Gasteiger partial charge in [0.1, 0.15) is 0 Å². The van der Waals surface area contributed by atoms with Gasteiger partial charge in [-0.1, -0.05) is 35.9 Å². The molecular formula is C19H22ClN. The van der Waals surface area contributed by atoms with Gasteiger partial charge >= 0.3 is 0 Å². The number of aryl methyl sites for hydroxylation is 3. The molecule has 0 saturated carbocycles. The van der Waals surface area contributed by atoms with Crippen LogP contribution in [0.1, 0.15) is 48.1 Å². The fourth-order valence-electron chi connectivity index (χ4n) is 3.09. The van der Waals surface area contributed by atoms with Gasteiger partial charge in [-0.25, -0.2) is 0 Å². The minimum Gasteiger partial charge on any atom is -0.378 e. The van der Waals surface area contributed by atoms with Gasteiger partial charge in [-0.15, -0.1) is 0 Å². The van der Waals surface area contributed by atoms with E-state index < -0.39 is 0 Å². The number of hydrogen-bond donors (Lipinski definition) is 1. The Hall–Kier alpha value is -1.47. The molecule has 0 aliphatic heterocycles. The fraction of sp³-hybridized carbons (Fsp3) is 0.368. The van der Waals surface area contributed by atoms with E-state index in [0.29, 0.717) is 0 Å². The van der Waals surface area contributed by atoms with Crippen molar-refractivity contribution in [1.82, 2.24) is 0 Å². The van der Waals surface area contributed by atoms with Crippen LogP contribution >= 0.6 is 11.6 Å². The van der Waals surface area contributed by atoms with Crippen molar-refractivity contribution in [2.24, 2.45) is 0 Å². The Labute approximate surface area is 132 Å². The molecule has 2 aromatic carbocycles. The predicted molar refractivity (Wildman–Crippen MR) is 91.3 cm³/mol. The third-order valence-corrected chi connectivity index (χ3v) is 4.68. The highest BCUT2D eigenvalue weighted by Crippen LogP contribution is 2.28. The van der Waals surface area contributed by atoms with E-state index in [1.807, 2.05) is 12.1 Å². The second-order valence-corrected chi connectivity index (χ2v) is 6.50. The normalized spacial score (nSPS) is 15.4. The van der Waals surface area contributed by atoms with Crippen LogP contribution in [0.5, 0.6) is 0 Å². The van der Waals surface area contributed by atoms with Crippen LogP contribution < -0.4 is 5.32 Å². The molecule has 1 unspecified atom stereocenters. The topological polar surface area (TPSA) is 12.0 Å². The van der Waals surface area contributed by atoms with E-state index in [0.717, 1.165) is 10.7 Å². The second-order valence-electron chi connectivity index (χ2n) is 6.06. The molecule has 1 nitrogen and oxygen atoms in total. The Morgan fingerprint density at radius 1 is 1.00 bits per heavy atom. The van der Waals surface area contributed by atoms with Crippen LogP contribution in [0, 0.1) is 6.92 Å². The molecule has 1 N–H and O–H groups in total. The van der Waals surface area contributed by atoms with Crippen LogP contribution in [0.2, 0.25) is 5.02 Å². The van der Waals surface area contributed by atoms with Crippen LogP contribution in [-0.4, -0.2) is 0 Å². The number of nitrogens with one attached hydrogen (secondary N) is 1. The van der Waals surface area contributed by atoms with Gasteiger partial charge in [-0.2, -0.15) is 0 Å². The average Bonchev–Trinajstić information content (AvgIpc) is 2.50. The van der Waals surface area contributed by atoms with Gasteiger partial charge < -0.3 is 5.32 Å². The van der Waals surface area contributed by atoms with Crippen molar-refractivity contribution in [1.29, 1.82) is 0 Å². The van der Waals surface area contributed by atoms with Crippen molar-refractivity contribution in [2.75, 3.05) is 5.32 Å². The first-order chi connectivity index (χ1) is 10.1. The highest BCUT2D eigenvalue weighted by atomic mass is 35.5. The SMILES string of the molecule is Cc1ccc(Cl)cc1NC(C)c1ccc2c(c1)CCCC2. The van der Waals surface area contributed by atoms with Crippen LogP contribution in [0.4, 0.5) is 5.69 Å². The number of halogens is 1. The molecule has 0 radical (unpaired) electrons. The molecule has 110 valence electrons. The van der Waals surface area contributed by atoms with E-state index in [2.05, 4.69) is 43.4 Å². The lowest BCUT2D eigenvalue weighted by Crippen LogP contribution is -2.10. The summed E-state index contributed by atoms with van der Waals surface area (Å²) in [6.07, 6.45) is 5.13. The molecule has 0 spiro atoms. The Bertz CT molecular complexity index is 648. The average molecular weight is 300 g/mol. The summed E-state index contributed by atoms with van der Waals surface area (Å²) in [5.74, 6) is 0. The van der Waals surface area contributed by atoms with Crippen molar-refractivity contribution in [2.45, 2.75) is 45.6 Å². The lowest BCUT2D eigenvalue weighted by Gasteiger charge is -2.21. The zero-order valence-corrected chi connectivity index (χ0v) is 13.5. The molecule has 0 amide bonds. The van der Waals surface area contributed by atoms with E-state index in [9.17, 15) is 0 Å². The van der Waals surface area contributed by atoms with Crippen molar-refractivity contribution in [3.63, 3.8) is 0 Å². The van der Waals surface area contributed by atoms with Gasteiger partial charge in [0.15, 0.2) is 0 Å². The van der Waals surface area contributed by atoms with Crippen molar-refractivity contribution in [3.05, 3.63) is 63.7 Å². The molecule has 1 atom stereocenters. The Balaban J connectivity index is 1.82. The Kier molecular flexibility index (Phi) is 4.21. The van der Waals surface area contributed by atoms with Gasteiger partial charge in [-0.3, -0.25) is 0 Å². The van der Waals surface area contributed by atoms with Gasteiger partial charge in [0.2, 0.25) is 0 Å². The molecule has 2 aromatic rings. The third-order valence-electron chi connectivity index (χ3n) is 4.44. The second kappa shape index (κ2) is 6.11. The van der Waals surface area contributed by atoms with Crippen LogP contribution in [-0.2, 0) is 12.8 Å². The lowest BCUT2D eigenvalue weighted by atomic mass is 9.89. The lowest BCUT2D eigenvalue weighted by molar-refractivity contribution is 0.683. The van der Waals surface area contributed by atoms with E-state index in [1.165, 1.54) is 47.9 Å². The smallest absolute Gasteiger partial charge is 0.0485 e. The molecule has 0 bridgehead atoms. The maximum atomic E-state index is 6.10. The maximum Gasteiger partial charge on any atom is 0.0485 e. The zero-order valence-electron chi connectivity index (χ0n) is 12.7. The molecule has 0 saturated heterocycles. The van der Waals surface area contributed by atoms with Crippen molar-refractivity contribution >= 4 is 17.3 Å². The molecule has 0 fully saturated rings. The maximum absolute atomic E-state index is 6.10.